The summed E-state index contributed by atoms with van der Waals surface area (Å²) in [6, 6.07) is 7.66. The Morgan fingerprint density at radius 3 is 2.18 bits per heavy atom. The van der Waals surface area contributed by atoms with Crippen molar-refractivity contribution in [3.63, 3.8) is 0 Å². The highest BCUT2D eigenvalue weighted by Crippen LogP contribution is 2.33. The Bertz CT molecular complexity index is 1130. The molecule has 0 radical (unpaired) electrons. The molecule has 0 aliphatic carbocycles. The normalized spacial score (nSPS) is 15.1. The summed E-state index contributed by atoms with van der Waals surface area (Å²) in [6.45, 7) is 0.974. The number of amides is 1. The van der Waals surface area contributed by atoms with E-state index in [1.54, 1.807) is 11.0 Å². The SMILES string of the molecule is O=C(c1ccccc1C(F)(F)F)N1CCN(c2ccc(-c3noc(C(F)(F)F)n3)cn2)CC1. The summed E-state index contributed by atoms with van der Waals surface area (Å²) in [7, 11) is 0. The predicted molar refractivity (Wildman–Crippen MR) is 102 cm³/mol. The van der Waals surface area contributed by atoms with Gasteiger partial charge in [0.2, 0.25) is 5.82 Å². The molecule has 1 aliphatic heterocycles. The minimum absolute atomic E-state index is 0.175. The number of piperazine rings is 1. The highest BCUT2D eigenvalue weighted by molar-refractivity contribution is 5.96. The molecule has 1 aromatic carbocycles. The van der Waals surface area contributed by atoms with Gasteiger partial charge >= 0.3 is 18.2 Å². The van der Waals surface area contributed by atoms with Crippen molar-refractivity contribution < 1.29 is 35.7 Å². The summed E-state index contributed by atoms with van der Waals surface area (Å²) in [5.41, 5.74) is -1.17. The Kier molecular flexibility index (Phi) is 5.72. The summed E-state index contributed by atoms with van der Waals surface area (Å²) < 4.78 is 81.6. The molecule has 174 valence electrons. The largest absolute Gasteiger partial charge is 0.471 e. The number of carbonyl (C=O) groups is 1. The molecule has 1 aliphatic rings. The van der Waals surface area contributed by atoms with Crippen LogP contribution in [-0.4, -0.2) is 52.1 Å². The van der Waals surface area contributed by atoms with E-state index in [1.807, 2.05) is 0 Å². The van der Waals surface area contributed by atoms with Gasteiger partial charge in [-0.15, -0.1) is 0 Å². The van der Waals surface area contributed by atoms with E-state index in [4.69, 9.17) is 0 Å². The van der Waals surface area contributed by atoms with Crippen molar-refractivity contribution in [2.75, 3.05) is 31.1 Å². The van der Waals surface area contributed by atoms with Gasteiger partial charge in [-0.3, -0.25) is 4.79 Å². The lowest BCUT2D eigenvalue weighted by atomic mass is 10.1. The monoisotopic (exact) mass is 471 g/mol. The Hall–Kier alpha value is -3.64. The first-order chi connectivity index (χ1) is 15.5. The fourth-order valence-corrected chi connectivity index (χ4v) is 3.39. The molecule has 0 unspecified atom stereocenters. The number of nitrogens with zero attached hydrogens (tertiary/aromatic N) is 5. The zero-order valence-corrected chi connectivity index (χ0v) is 16.7. The lowest BCUT2D eigenvalue weighted by Crippen LogP contribution is -2.49. The smallest absolute Gasteiger partial charge is 0.353 e. The third-order valence-electron chi connectivity index (χ3n) is 5.03. The van der Waals surface area contributed by atoms with Gasteiger partial charge in [0.1, 0.15) is 5.82 Å². The van der Waals surface area contributed by atoms with Crippen LogP contribution in [0.3, 0.4) is 0 Å². The van der Waals surface area contributed by atoms with Crippen molar-refractivity contribution in [3.05, 3.63) is 59.6 Å². The van der Waals surface area contributed by atoms with E-state index in [-0.39, 0.29) is 24.5 Å². The number of pyridine rings is 1. The summed E-state index contributed by atoms with van der Waals surface area (Å²) in [5.74, 6) is -1.95. The van der Waals surface area contributed by atoms with Crippen LogP contribution in [0.15, 0.2) is 47.1 Å². The molecule has 1 fully saturated rings. The molecular formula is C20H15F6N5O2. The molecule has 13 heteroatoms. The van der Waals surface area contributed by atoms with Crippen molar-refractivity contribution in [3.8, 4) is 11.4 Å². The second-order valence-corrected chi connectivity index (χ2v) is 7.15. The van der Waals surface area contributed by atoms with E-state index >= 15 is 0 Å². The number of aromatic nitrogens is 3. The van der Waals surface area contributed by atoms with Crippen LogP contribution in [0.2, 0.25) is 0 Å². The van der Waals surface area contributed by atoms with Crippen molar-refractivity contribution in [2.45, 2.75) is 12.4 Å². The van der Waals surface area contributed by atoms with Crippen LogP contribution in [0.1, 0.15) is 21.8 Å². The highest BCUT2D eigenvalue weighted by atomic mass is 19.4. The van der Waals surface area contributed by atoms with Gasteiger partial charge in [-0.05, 0) is 24.3 Å². The zero-order valence-electron chi connectivity index (χ0n) is 16.7. The summed E-state index contributed by atoms with van der Waals surface area (Å²) in [5, 5.41) is 3.29. The molecule has 33 heavy (non-hydrogen) atoms. The predicted octanol–water partition coefficient (Wildman–Crippen LogP) is 4.13. The molecule has 0 spiro atoms. The second kappa shape index (κ2) is 8.37. The van der Waals surface area contributed by atoms with Gasteiger partial charge in [0, 0.05) is 37.9 Å². The summed E-state index contributed by atoms with van der Waals surface area (Å²) in [6.07, 6.45) is -8.10. The maximum absolute atomic E-state index is 13.2. The maximum Gasteiger partial charge on any atom is 0.471 e. The van der Waals surface area contributed by atoms with E-state index in [2.05, 4.69) is 19.6 Å². The molecule has 0 saturated carbocycles. The first kappa shape index (κ1) is 22.6. The lowest BCUT2D eigenvalue weighted by Gasteiger charge is -2.35. The molecule has 4 rings (SSSR count). The minimum atomic E-state index is -4.75. The Balaban J connectivity index is 1.41. The van der Waals surface area contributed by atoms with E-state index in [9.17, 15) is 31.1 Å². The van der Waals surface area contributed by atoms with Crippen LogP contribution in [0, 0.1) is 0 Å². The Morgan fingerprint density at radius 1 is 0.909 bits per heavy atom. The maximum atomic E-state index is 13.2. The quantitative estimate of drug-likeness (QED) is 0.535. The lowest BCUT2D eigenvalue weighted by molar-refractivity contribution is -0.159. The number of rotatable bonds is 3. The van der Waals surface area contributed by atoms with Gasteiger partial charge < -0.3 is 14.3 Å². The molecule has 1 amide bonds. The van der Waals surface area contributed by atoms with Gasteiger partial charge in [0.25, 0.3) is 5.91 Å². The highest BCUT2D eigenvalue weighted by Gasteiger charge is 2.39. The van der Waals surface area contributed by atoms with Crippen LogP contribution in [0.5, 0.6) is 0 Å². The number of benzene rings is 1. The number of hydrogen-bond donors (Lipinski definition) is 0. The van der Waals surface area contributed by atoms with E-state index in [0.29, 0.717) is 18.9 Å². The van der Waals surface area contributed by atoms with Crippen molar-refractivity contribution in [1.82, 2.24) is 20.0 Å². The molecule has 2 aromatic heterocycles. The van der Waals surface area contributed by atoms with Crippen molar-refractivity contribution in [2.24, 2.45) is 0 Å². The molecule has 0 N–H and O–H groups in total. The zero-order chi connectivity index (χ0) is 23.8. The first-order valence-corrected chi connectivity index (χ1v) is 9.62. The van der Waals surface area contributed by atoms with Crippen LogP contribution >= 0.6 is 0 Å². The van der Waals surface area contributed by atoms with Gasteiger partial charge in [0.05, 0.1) is 11.1 Å². The van der Waals surface area contributed by atoms with E-state index in [1.165, 1.54) is 29.3 Å². The number of anilines is 1. The fourth-order valence-electron chi connectivity index (χ4n) is 3.39. The van der Waals surface area contributed by atoms with Gasteiger partial charge in [-0.1, -0.05) is 17.3 Å². The fraction of sp³-hybridized carbons (Fsp3) is 0.300. The van der Waals surface area contributed by atoms with Crippen molar-refractivity contribution in [1.29, 1.82) is 0 Å². The molecule has 3 aromatic rings. The third-order valence-corrected chi connectivity index (χ3v) is 5.03. The molecular weight excluding hydrogens is 456 g/mol. The molecule has 3 heterocycles. The number of alkyl halides is 6. The summed E-state index contributed by atoms with van der Waals surface area (Å²) in [4.78, 5) is 23.3. The van der Waals surface area contributed by atoms with Gasteiger partial charge in [-0.25, -0.2) is 4.98 Å². The number of carbonyl (C=O) groups excluding carboxylic acids is 1. The Labute approximate surface area is 182 Å². The molecule has 0 atom stereocenters. The first-order valence-electron chi connectivity index (χ1n) is 9.62. The van der Waals surface area contributed by atoms with E-state index < -0.39 is 35.3 Å². The second-order valence-electron chi connectivity index (χ2n) is 7.15. The number of hydrogen-bond acceptors (Lipinski definition) is 6. The standard InChI is InChI=1S/C20H15F6N5O2/c21-19(22,23)14-4-2-1-3-13(14)17(32)31-9-7-30(8-10-31)15-6-5-12(11-27-15)16-28-18(33-29-16)20(24,25)26/h1-6,11H,7-10H2. The molecule has 0 bridgehead atoms. The summed E-state index contributed by atoms with van der Waals surface area (Å²) >= 11 is 0. The number of halogens is 6. The van der Waals surface area contributed by atoms with Gasteiger partial charge in [-0.2, -0.15) is 31.3 Å². The van der Waals surface area contributed by atoms with Crippen LogP contribution in [-0.2, 0) is 12.4 Å². The minimum Gasteiger partial charge on any atom is -0.353 e. The van der Waals surface area contributed by atoms with E-state index in [0.717, 1.165) is 12.1 Å². The molecule has 7 nitrogen and oxygen atoms in total. The van der Waals surface area contributed by atoms with Crippen LogP contribution in [0.25, 0.3) is 11.4 Å². The molecule has 1 saturated heterocycles. The Morgan fingerprint density at radius 2 is 1.61 bits per heavy atom. The van der Waals surface area contributed by atoms with Gasteiger partial charge in [0.15, 0.2) is 0 Å². The average Bonchev–Trinajstić information content (AvgIpc) is 3.29. The third kappa shape index (κ3) is 4.76. The van der Waals surface area contributed by atoms with Crippen LogP contribution in [0.4, 0.5) is 32.2 Å². The average molecular weight is 471 g/mol. The van der Waals surface area contributed by atoms with Crippen molar-refractivity contribution >= 4 is 11.7 Å². The van der Waals surface area contributed by atoms with Crippen LogP contribution < -0.4 is 4.90 Å². The topological polar surface area (TPSA) is 75.4 Å².